The second-order valence-corrected chi connectivity index (χ2v) is 14.9. The summed E-state index contributed by atoms with van der Waals surface area (Å²) >= 11 is 0. The Hall–Kier alpha value is -7.42. The average Bonchev–Trinajstić information content (AvgIpc) is 3.81. The SMILES string of the molecule is c1ccc(-c2cccc(N(c3cccc(-c4ccccc4)c3)c3ccc4c(c3)oc3cc(C5(c6ccccc6)c6ccccc6-c6ccccc65)ccc34)c2)cc1. The van der Waals surface area contributed by atoms with Gasteiger partial charge in [0.1, 0.15) is 11.2 Å². The van der Waals surface area contributed by atoms with Crippen LogP contribution in [-0.2, 0) is 5.41 Å². The van der Waals surface area contributed by atoms with Gasteiger partial charge in [-0.3, -0.25) is 0 Å². The van der Waals surface area contributed by atoms with Crippen LogP contribution in [-0.4, -0.2) is 0 Å². The van der Waals surface area contributed by atoms with Crippen molar-refractivity contribution in [3.05, 3.63) is 247 Å². The normalized spacial score (nSPS) is 12.7. The van der Waals surface area contributed by atoms with Crippen molar-refractivity contribution in [2.24, 2.45) is 0 Å². The van der Waals surface area contributed by atoms with Crippen LogP contribution in [0.3, 0.4) is 0 Å². The van der Waals surface area contributed by atoms with E-state index in [4.69, 9.17) is 4.42 Å². The number of rotatable bonds is 7. The molecule has 1 aliphatic rings. The molecule has 57 heavy (non-hydrogen) atoms. The van der Waals surface area contributed by atoms with Crippen molar-refractivity contribution in [3.8, 4) is 33.4 Å². The number of benzene rings is 9. The minimum Gasteiger partial charge on any atom is -0.456 e. The molecule has 268 valence electrons. The molecule has 11 rings (SSSR count). The highest BCUT2D eigenvalue weighted by Gasteiger charge is 2.46. The molecule has 0 saturated carbocycles. The highest BCUT2D eigenvalue weighted by molar-refractivity contribution is 6.07. The predicted octanol–water partition coefficient (Wildman–Crippen LogP) is 14.8. The van der Waals surface area contributed by atoms with Crippen LogP contribution in [0.5, 0.6) is 0 Å². The molecule has 0 spiro atoms. The van der Waals surface area contributed by atoms with Crippen LogP contribution >= 0.6 is 0 Å². The standard InChI is InChI=1S/C55H37NO/c1-4-16-38(17-5-1)40-20-14-24-44(34-40)56(45-25-15-21-41(35-45)39-18-6-2-7-19-39)46-31-33-50-49-32-30-43(36-53(49)57-54(50)37-46)55(42-22-8-3-9-23-42)51-28-12-10-26-47(51)48-27-11-13-29-52(48)55/h1-37H. The minimum atomic E-state index is -0.489. The summed E-state index contributed by atoms with van der Waals surface area (Å²) < 4.78 is 6.93. The van der Waals surface area contributed by atoms with E-state index in [-0.39, 0.29) is 0 Å². The third-order valence-corrected chi connectivity index (χ3v) is 11.7. The zero-order chi connectivity index (χ0) is 37.8. The van der Waals surface area contributed by atoms with E-state index in [2.05, 4.69) is 229 Å². The Kier molecular flexibility index (Phi) is 7.75. The van der Waals surface area contributed by atoms with Crippen LogP contribution in [0, 0.1) is 0 Å². The molecular formula is C55H37NO. The highest BCUT2D eigenvalue weighted by Crippen LogP contribution is 2.56. The fourth-order valence-electron chi connectivity index (χ4n) is 9.21. The minimum absolute atomic E-state index is 0.489. The first-order chi connectivity index (χ1) is 28.3. The summed E-state index contributed by atoms with van der Waals surface area (Å²) in [6, 6.07) is 80.9. The Labute approximate surface area is 332 Å². The summed E-state index contributed by atoms with van der Waals surface area (Å²) in [4.78, 5) is 2.34. The quantitative estimate of drug-likeness (QED) is 0.163. The van der Waals surface area contributed by atoms with Crippen LogP contribution in [0.25, 0.3) is 55.3 Å². The first-order valence-corrected chi connectivity index (χ1v) is 19.6. The summed E-state index contributed by atoms with van der Waals surface area (Å²) in [7, 11) is 0. The van der Waals surface area contributed by atoms with E-state index in [1.165, 1.54) is 44.5 Å². The van der Waals surface area contributed by atoms with Gasteiger partial charge in [-0.05, 0) is 98.1 Å². The van der Waals surface area contributed by atoms with Crippen LogP contribution in [0.2, 0.25) is 0 Å². The van der Waals surface area contributed by atoms with Crippen molar-refractivity contribution >= 4 is 39.0 Å². The zero-order valence-corrected chi connectivity index (χ0v) is 31.2. The molecule has 0 fully saturated rings. The summed E-state index contributed by atoms with van der Waals surface area (Å²) in [6.45, 7) is 0. The lowest BCUT2D eigenvalue weighted by atomic mass is 9.67. The van der Waals surface area contributed by atoms with Gasteiger partial charge in [-0.25, -0.2) is 0 Å². The zero-order valence-electron chi connectivity index (χ0n) is 31.2. The lowest BCUT2D eigenvalue weighted by Crippen LogP contribution is -2.28. The largest absolute Gasteiger partial charge is 0.456 e. The van der Waals surface area contributed by atoms with Crippen LogP contribution < -0.4 is 4.90 Å². The smallest absolute Gasteiger partial charge is 0.137 e. The van der Waals surface area contributed by atoms with Gasteiger partial charge in [0.15, 0.2) is 0 Å². The third-order valence-electron chi connectivity index (χ3n) is 11.7. The predicted molar refractivity (Wildman–Crippen MR) is 237 cm³/mol. The van der Waals surface area contributed by atoms with E-state index < -0.39 is 5.41 Å². The first kappa shape index (κ1) is 33.0. The fourth-order valence-corrected chi connectivity index (χ4v) is 9.21. The van der Waals surface area contributed by atoms with Gasteiger partial charge in [-0.1, -0.05) is 176 Å². The topological polar surface area (TPSA) is 16.4 Å². The molecule has 0 bridgehead atoms. The molecule has 1 aromatic heterocycles. The molecule has 1 aliphatic carbocycles. The Bertz CT molecular complexity index is 2940. The molecule has 0 atom stereocenters. The first-order valence-electron chi connectivity index (χ1n) is 19.6. The summed E-state index contributed by atoms with van der Waals surface area (Å²) in [5.74, 6) is 0. The number of hydrogen-bond donors (Lipinski definition) is 0. The Morgan fingerprint density at radius 3 is 1.35 bits per heavy atom. The van der Waals surface area contributed by atoms with Gasteiger partial charge in [0.2, 0.25) is 0 Å². The Morgan fingerprint density at radius 2 is 0.772 bits per heavy atom. The van der Waals surface area contributed by atoms with E-state index in [1.54, 1.807) is 0 Å². The maximum atomic E-state index is 6.93. The lowest BCUT2D eigenvalue weighted by molar-refractivity contribution is 0.665. The van der Waals surface area contributed by atoms with Gasteiger partial charge in [0, 0.05) is 33.9 Å². The van der Waals surface area contributed by atoms with Crippen molar-refractivity contribution < 1.29 is 4.42 Å². The summed E-state index contributed by atoms with van der Waals surface area (Å²) in [6.07, 6.45) is 0. The third kappa shape index (κ3) is 5.33. The maximum Gasteiger partial charge on any atom is 0.137 e. The van der Waals surface area contributed by atoms with Crippen molar-refractivity contribution in [3.63, 3.8) is 0 Å². The average molecular weight is 728 g/mol. The monoisotopic (exact) mass is 727 g/mol. The van der Waals surface area contributed by atoms with Crippen molar-refractivity contribution in [1.29, 1.82) is 0 Å². The molecule has 0 aliphatic heterocycles. The fraction of sp³-hybridized carbons (Fsp3) is 0.0182. The Morgan fingerprint density at radius 1 is 0.316 bits per heavy atom. The highest BCUT2D eigenvalue weighted by atomic mass is 16.3. The van der Waals surface area contributed by atoms with E-state index in [1.807, 2.05) is 0 Å². The van der Waals surface area contributed by atoms with Crippen LogP contribution in [0.1, 0.15) is 22.3 Å². The number of anilines is 3. The summed E-state index contributed by atoms with van der Waals surface area (Å²) in [5, 5.41) is 2.20. The molecule has 1 heterocycles. The molecule has 0 saturated heterocycles. The second-order valence-electron chi connectivity index (χ2n) is 14.9. The second kappa shape index (κ2) is 13.4. The van der Waals surface area contributed by atoms with E-state index >= 15 is 0 Å². The maximum absolute atomic E-state index is 6.93. The molecule has 0 radical (unpaired) electrons. The van der Waals surface area contributed by atoms with E-state index in [9.17, 15) is 0 Å². The molecule has 0 N–H and O–H groups in total. The van der Waals surface area contributed by atoms with Gasteiger partial charge >= 0.3 is 0 Å². The molecular weight excluding hydrogens is 691 g/mol. The van der Waals surface area contributed by atoms with Crippen LogP contribution in [0.4, 0.5) is 17.1 Å². The van der Waals surface area contributed by atoms with Crippen molar-refractivity contribution in [2.75, 3.05) is 4.90 Å². The number of fused-ring (bicyclic) bond motifs is 6. The van der Waals surface area contributed by atoms with E-state index in [0.29, 0.717) is 0 Å². The van der Waals surface area contributed by atoms with Crippen LogP contribution in [0.15, 0.2) is 229 Å². The molecule has 10 aromatic rings. The number of hydrogen-bond acceptors (Lipinski definition) is 2. The van der Waals surface area contributed by atoms with E-state index in [0.717, 1.165) is 50.1 Å². The molecule has 9 aromatic carbocycles. The number of nitrogens with zero attached hydrogens (tertiary/aromatic N) is 1. The van der Waals surface area contributed by atoms with Gasteiger partial charge < -0.3 is 9.32 Å². The molecule has 2 nitrogen and oxygen atoms in total. The van der Waals surface area contributed by atoms with Gasteiger partial charge in [0.05, 0.1) is 5.41 Å². The van der Waals surface area contributed by atoms with Crippen molar-refractivity contribution in [1.82, 2.24) is 0 Å². The molecule has 0 unspecified atom stereocenters. The van der Waals surface area contributed by atoms with Gasteiger partial charge in [-0.15, -0.1) is 0 Å². The van der Waals surface area contributed by atoms with Gasteiger partial charge in [0.25, 0.3) is 0 Å². The summed E-state index contributed by atoms with van der Waals surface area (Å²) in [5.41, 5.74) is 16.7. The van der Waals surface area contributed by atoms with Crippen molar-refractivity contribution in [2.45, 2.75) is 5.41 Å². The van der Waals surface area contributed by atoms with Gasteiger partial charge in [-0.2, -0.15) is 0 Å². The molecule has 0 amide bonds. The Balaban J connectivity index is 1.09. The lowest BCUT2D eigenvalue weighted by Gasteiger charge is -2.33. The molecule has 2 heteroatoms. The number of furan rings is 1.